The first kappa shape index (κ1) is 15.8. The topological polar surface area (TPSA) is 47.9 Å². The highest BCUT2D eigenvalue weighted by Crippen LogP contribution is 2.38. The quantitative estimate of drug-likeness (QED) is 0.940. The van der Waals surface area contributed by atoms with Gasteiger partial charge in [-0.1, -0.05) is 24.3 Å². The summed E-state index contributed by atoms with van der Waals surface area (Å²) in [7, 11) is 3.31. The van der Waals surface area contributed by atoms with Crippen LogP contribution in [0.3, 0.4) is 0 Å². The summed E-state index contributed by atoms with van der Waals surface area (Å²) in [5, 5.41) is 10.3. The van der Waals surface area contributed by atoms with Crippen LogP contribution in [0.25, 0.3) is 0 Å². The Bertz CT molecular complexity index is 621. The van der Waals surface area contributed by atoms with Crippen LogP contribution in [0, 0.1) is 0 Å². The Morgan fingerprint density at radius 3 is 1.91 bits per heavy atom. The Labute approximate surface area is 136 Å². The van der Waals surface area contributed by atoms with Crippen molar-refractivity contribution in [2.24, 2.45) is 0 Å². The number of aliphatic hydroxyl groups excluding tert-OH is 1. The molecule has 2 aromatic carbocycles. The number of benzene rings is 2. The molecule has 0 aliphatic carbocycles. The SMILES string of the molecule is COc1ccc([C@H]2C[C@@H](c3ccc(OC)cc3)[C@@H](O)CO2)cc1. The molecule has 1 aliphatic heterocycles. The zero-order chi connectivity index (χ0) is 16.2. The summed E-state index contributed by atoms with van der Waals surface area (Å²) in [5.41, 5.74) is 2.22. The molecule has 0 amide bonds. The number of aliphatic hydroxyl groups is 1. The van der Waals surface area contributed by atoms with Crippen LogP contribution in [0.4, 0.5) is 0 Å². The largest absolute Gasteiger partial charge is 0.497 e. The van der Waals surface area contributed by atoms with Gasteiger partial charge in [0, 0.05) is 5.92 Å². The van der Waals surface area contributed by atoms with E-state index in [1.807, 2.05) is 48.5 Å². The molecule has 1 aliphatic rings. The molecule has 1 fully saturated rings. The van der Waals surface area contributed by atoms with Crippen molar-refractivity contribution in [3.8, 4) is 11.5 Å². The highest BCUT2D eigenvalue weighted by atomic mass is 16.5. The lowest BCUT2D eigenvalue weighted by atomic mass is 9.84. The van der Waals surface area contributed by atoms with E-state index in [9.17, 15) is 5.11 Å². The van der Waals surface area contributed by atoms with Crippen molar-refractivity contribution in [2.45, 2.75) is 24.5 Å². The van der Waals surface area contributed by atoms with Crippen LogP contribution < -0.4 is 9.47 Å². The van der Waals surface area contributed by atoms with Crippen molar-refractivity contribution in [2.75, 3.05) is 20.8 Å². The molecule has 0 saturated carbocycles. The van der Waals surface area contributed by atoms with Gasteiger partial charge in [-0.2, -0.15) is 0 Å². The first-order chi connectivity index (χ1) is 11.2. The summed E-state index contributed by atoms with van der Waals surface area (Å²) >= 11 is 0. The number of hydrogen-bond donors (Lipinski definition) is 1. The highest BCUT2D eigenvalue weighted by Gasteiger charge is 2.31. The van der Waals surface area contributed by atoms with E-state index in [0.717, 1.165) is 29.0 Å². The van der Waals surface area contributed by atoms with Crippen molar-refractivity contribution in [1.29, 1.82) is 0 Å². The second kappa shape index (κ2) is 7.02. The Morgan fingerprint density at radius 2 is 1.39 bits per heavy atom. The lowest BCUT2D eigenvalue weighted by Gasteiger charge is -2.34. The molecule has 3 atom stereocenters. The lowest BCUT2D eigenvalue weighted by molar-refractivity contribution is -0.0698. The van der Waals surface area contributed by atoms with Gasteiger partial charge < -0.3 is 19.3 Å². The molecule has 3 rings (SSSR count). The molecule has 0 unspecified atom stereocenters. The minimum Gasteiger partial charge on any atom is -0.497 e. The van der Waals surface area contributed by atoms with E-state index in [2.05, 4.69) is 0 Å². The summed E-state index contributed by atoms with van der Waals surface area (Å²) in [6, 6.07) is 15.8. The summed E-state index contributed by atoms with van der Waals surface area (Å²) < 4.78 is 16.2. The van der Waals surface area contributed by atoms with Crippen LogP contribution in [0.15, 0.2) is 48.5 Å². The second-order valence-corrected chi connectivity index (χ2v) is 5.78. The van der Waals surface area contributed by atoms with Crippen molar-refractivity contribution >= 4 is 0 Å². The number of hydrogen-bond acceptors (Lipinski definition) is 4. The average molecular weight is 314 g/mol. The smallest absolute Gasteiger partial charge is 0.118 e. The minimum absolute atomic E-state index is 0.0172. The van der Waals surface area contributed by atoms with Crippen molar-refractivity contribution in [3.63, 3.8) is 0 Å². The molecule has 0 bridgehead atoms. The molecule has 1 heterocycles. The fraction of sp³-hybridized carbons (Fsp3) is 0.368. The van der Waals surface area contributed by atoms with Crippen LogP contribution in [0.1, 0.15) is 29.6 Å². The molecule has 1 saturated heterocycles. The van der Waals surface area contributed by atoms with Crippen molar-refractivity contribution < 1.29 is 19.3 Å². The van der Waals surface area contributed by atoms with Crippen molar-refractivity contribution in [1.82, 2.24) is 0 Å². The normalized spacial score (nSPS) is 24.2. The van der Waals surface area contributed by atoms with Gasteiger partial charge in [0.1, 0.15) is 11.5 Å². The molecule has 0 spiro atoms. The standard InChI is InChI=1S/C19H22O4/c1-21-15-7-3-13(4-8-15)17-11-19(23-12-18(17)20)14-5-9-16(22-2)10-6-14/h3-10,17-20H,11-12H2,1-2H3/t17-,18-,19+/m0/s1. The van der Waals surface area contributed by atoms with Crippen LogP contribution >= 0.6 is 0 Å². The summed E-state index contributed by atoms with van der Waals surface area (Å²) in [5.74, 6) is 1.71. The minimum atomic E-state index is -0.488. The Balaban J connectivity index is 1.77. The number of methoxy groups -OCH3 is 2. The monoisotopic (exact) mass is 314 g/mol. The molecule has 1 N–H and O–H groups in total. The van der Waals surface area contributed by atoms with Crippen LogP contribution in [-0.4, -0.2) is 32.0 Å². The van der Waals surface area contributed by atoms with Crippen LogP contribution in [0.2, 0.25) is 0 Å². The predicted octanol–water partition coefficient (Wildman–Crippen LogP) is 3.31. The van der Waals surface area contributed by atoms with E-state index in [1.54, 1.807) is 14.2 Å². The number of ether oxygens (including phenoxy) is 3. The maximum absolute atomic E-state index is 10.3. The van der Waals surface area contributed by atoms with E-state index in [-0.39, 0.29) is 12.0 Å². The van der Waals surface area contributed by atoms with Gasteiger partial charge in [0.25, 0.3) is 0 Å². The van der Waals surface area contributed by atoms with Crippen molar-refractivity contribution in [3.05, 3.63) is 59.7 Å². The zero-order valence-electron chi connectivity index (χ0n) is 13.4. The van der Waals surface area contributed by atoms with E-state index >= 15 is 0 Å². The van der Waals surface area contributed by atoms with Crippen LogP contribution in [0.5, 0.6) is 11.5 Å². The molecular weight excluding hydrogens is 292 g/mol. The molecule has 2 aromatic rings. The van der Waals surface area contributed by atoms with Gasteiger partial charge in [-0.15, -0.1) is 0 Å². The van der Waals surface area contributed by atoms with Gasteiger partial charge in [0.15, 0.2) is 0 Å². The molecule has 4 heteroatoms. The molecular formula is C19H22O4. The summed E-state index contributed by atoms with van der Waals surface area (Å²) in [4.78, 5) is 0. The maximum atomic E-state index is 10.3. The molecule has 0 radical (unpaired) electrons. The van der Waals surface area contributed by atoms with Crippen LogP contribution in [-0.2, 0) is 4.74 Å². The summed E-state index contributed by atoms with van der Waals surface area (Å²) in [6.07, 6.45) is 0.245. The van der Waals surface area contributed by atoms with Gasteiger partial charge in [-0.3, -0.25) is 0 Å². The van der Waals surface area contributed by atoms with Gasteiger partial charge in [0.05, 0.1) is 33.0 Å². The second-order valence-electron chi connectivity index (χ2n) is 5.78. The van der Waals surface area contributed by atoms with E-state index in [1.165, 1.54) is 0 Å². The van der Waals surface area contributed by atoms with E-state index < -0.39 is 6.10 Å². The number of rotatable bonds is 4. The third-order valence-electron chi connectivity index (χ3n) is 4.43. The highest BCUT2D eigenvalue weighted by molar-refractivity contribution is 5.32. The molecule has 23 heavy (non-hydrogen) atoms. The Hall–Kier alpha value is -2.04. The first-order valence-electron chi connectivity index (χ1n) is 7.79. The third kappa shape index (κ3) is 3.49. The summed E-state index contributed by atoms with van der Waals surface area (Å²) in [6.45, 7) is 0.341. The maximum Gasteiger partial charge on any atom is 0.118 e. The fourth-order valence-electron chi connectivity index (χ4n) is 3.05. The van der Waals surface area contributed by atoms with Gasteiger partial charge in [-0.05, 0) is 41.8 Å². The fourth-order valence-corrected chi connectivity index (χ4v) is 3.05. The van der Waals surface area contributed by atoms with Gasteiger partial charge >= 0.3 is 0 Å². The predicted molar refractivity (Wildman–Crippen MR) is 88.0 cm³/mol. The van der Waals surface area contributed by atoms with Gasteiger partial charge in [-0.25, -0.2) is 0 Å². The average Bonchev–Trinajstić information content (AvgIpc) is 2.62. The van der Waals surface area contributed by atoms with E-state index in [4.69, 9.17) is 14.2 Å². The first-order valence-corrected chi connectivity index (χ1v) is 7.79. The Kier molecular flexibility index (Phi) is 4.84. The van der Waals surface area contributed by atoms with E-state index in [0.29, 0.717) is 6.61 Å². The lowest BCUT2D eigenvalue weighted by Crippen LogP contribution is -2.32. The third-order valence-corrected chi connectivity index (χ3v) is 4.43. The van der Waals surface area contributed by atoms with Gasteiger partial charge in [0.2, 0.25) is 0 Å². The molecule has 4 nitrogen and oxygen atoms in total. The Morgan fingerprint density at radius 1 is 0.870 bits per heavy atom. The molecule has 0 aromatic heterocycles. The zero-order valence-corrected chi connectivity index (χ0v) is 13.4. The molecule has 122 valence electrons.